The third kappa shape index (κ3) is 1.91. The van der Waals surface area contributed by atoms with Crippen molar-refractivity contribution < 1.29 is 0 Å². The van der Waals surface area contributed by atoms with Crippen LogP contribution >= 0.6 is 0 Å². The first-order chi connectivity index (χ1) is 7.00. The second kappa shape index (κ2) is 3.59. The predicted molar refractivity (Wildman–Crippen MR) is 59.4 cm³/mol. The first-order valence-electron chi connectivity index (χ1n) is 5.60. The van der Waals surface area contributed by atoms with Gasteiger partial charge in [0.2, 0.25) is 0 Å². The van der Waals surface area contributed by atoms with Crippen molar-refractivity contribution in [3.05, 3.63) is 12.2 Å². The summed E-state index contributed by atoms with van der Waals surface area (Å²) in [5.74, 6) is 1.52. The average Bonchev–Trinajstić information content (AvgIpc) is 2.56. The van der Waals surface area contributed by atoms with Crippen LogP contribution in [0.3, 0.4) is 0 Å². The van der Waals surface area contributed by atoms with E-state index in [1.165, 1.54) is 6.42 Å². The molecule has 1 heterocycles. The Balaban J connectivity index is 2.29. The van der Waals surface area contributed by atoms with Gasteiger partial charge in [-0.3, -0.25) is 4.68 Å². The highest BCUT2D eigenvalue weighted by molar-refractivity contribution is 5.06. The van der Waals surface area contributed by atoms with Crippen LogP contribution in [0, 0.1) is 5.41 Å². The molecule has 1 fully saturated rings. The van der Waals surface area contributed by atoms with Gasteiger partial charge >= 0.3 is 0 Å². The molecular weight excluding hydrogens is 188 g/mol. The first-order valence-corrected chi connectivity index (χ1v) is 5.60. The summed E-state index contributed by atoms with van der Waals surface area (Å²) in [5.41, 5.74) is 6.33. The normalized spacial score (nSPS) is 30.4. The summed E-state index contributed by atoms with van der Waals surface area (Å²) in [6, 6.07) is 0.319. The van der Waals surface area contributed by atoms with E-state index in [1.807, 2.05) is 11.7 Å². The smallest absolute Gasteiger partial charge is 0.138 e. The maximum absolute atomic E-state index is 6.04. The fourth-order valence-electron chi connectivity index (χ4n) is 2.55. The van der Waals surface area contributed by atoms with Gasteiger partial charge in [-0.15, -0.1) is 0 Å². The monoisotopic (exact) mass is 208 g/mol. The molecule has 2 unspecified atom stereocenters. The minimum absolute atomic E-state index is 0.288. The van der Waals surface area contributed by atoms with Crippen molar-refractivity contribution in [3.63, 3.8) is 0 Å². The second-order valence-corrected chi connectivity index (χ2v) is 5.32. The van der Waals surface area contributed by atoms with Crippen molar-refractivity contribution >= 4 is 0 Å². The summed E-state index contributed by atoms with van der Waals surface area (Å²) in [4.78, 5) is 4.37. The van der Waals surface area contributed by atoms with E-state index in [0.29, 0.717) is 12.0 Å². The number of aryl methyl sites for hydroxylation is 1. The van der Waals surface area contributed by atoms with Gasteiger partial charge in [-0.25, -0.2) is 4.98 Å². The topological polar surface area (TPSA) is 56.7 Å². The van der Waals surface area contributed by atoms with E-state index >= 15 is 0 Å². The van der Waals surface area contributed by atoms with Crippen molar-refractivity contribution in [3.8, 4) is 0 Å². The molecule has 1 saturated carbocycles. The number of nitrogens with two attached hydrogens (primary N) is 1. The Labute approximate surface area is 90.9 Å². The van der Waals surface area contributed by atoms with Crippen molar-refractivity contribution in [2.75, 3.05) is 0 Å². The molecular formula is C11H20N4. The highest BCUT2D eigenvalue weighted by atomic mass is 15.3. The zero-order valence-corrected chi connectivity index (χ0v) is 9.77. The highest BCUT2D eigenvalue weighted by Crippen LogP contribution is 2.45. The molecule has 1 aromatic heterocycles. The van der Waals surface area contributed by atoms with Gasteiger partial charge in [0, 0.05) is 19.0 Å². The third-order valence-corrected chi connectivity index (χ3v) is 3.70. The van der Waals surface area contributed by atoms with Crippen LogP contribution in [0.15, 0.2) is 6.33 Å². The van der Waals surface area contributed by atoms with Gasteiger partial charge < -0.3 is 5.73 Å². The Bertz CT molecular complexity index is 342. The summed E-state index contributed by atoms with van der Waals surface area (Å²) >= 11 is 0. The molecule has 1 aliphatic rings. The Morgan fingerprint density at radius 2 is 2.27 bits per heavy atom. The maximum Gasteiger partial charge on any atom is 0.138 e. The SMILES string of the molecule is Cn1ncnc1C1CC(N)CCC1(C)C. The molecule has 0 bridgehead atoms. The lowest BCUT2D eigenvalue weighted by molar-refractivity contribution is 0.173. The molecule has 1 aliphatic carbocycles. The zero-order chi connectivity index (χ0) is 11.1. The van der Waals surface area contributed by atoms with Crippen LogP contribution in [0.1, 0.15) is 44.9 Å². The molecule has 2 rings (SSSR count). The van der Waals surface area contributed by atoms with Gasteiger partial charge in [0.25, 0.3) is 0 Å². The lowest BCUT2D eigenvalue weighted by Gasteiger charge is -2.40. The van der Waals surface area contributed by atoms with Crippen molar-refractivity contribution in [2.45, 2.75) is 45.1 Å². The van der Waals surface area contributed by atoms with E-state index in [1.54, 1.807) is 6.33 Å². The lowest BCUT2D eigenvalue weighted by Crippen LogP contribution is -2.37. The van der Waals surface area contributed by atoms with Crippen LogP contribution in [0.4, 0.5) is 0 Å². The Morgan fingerprint density at radius 3 is 2.87 bits per heavy atom. The maximum atomic E-state index is 6.04. The number of hydrogen-bond acceptors (Lipinski definition) is 3. The van der Waals surface area contributed by atoms with Crippen LogP contribution in [-0.4, -0.2) is 20.8 Å². The fraction of sp³-hybridized carbons (Fsp3) is 0.818. The van der Waals surface area contributed by atoms with Gasteiger partial charge in [0.15, 0.2) is 0 Å². The zero-order valence-electron chi connectivity index (χ0n) is 9.77. The molecule has 0 saturated heterocycles. The fourth-order valence-corrected chi connectivity index (χ4v) is 2.55. The molecule has 0 aliphatic heterocycles. The van der Waals surface area contributed by atoms with Crippen molar-refractivity contribution in [1.82, 2.24) is 14.8 Å². The molecule has 0 amide bonds. The molecule has 84 valence electrons. The largest absolute Gasteiger partial charge is 0.328 e. The predicted octanol–water partition coefficient (Wildman–Crippen LogP) is 1.44. The summed E-state index contributed by atoms with van der Waals surface area (Å²) < 4.78 is 1.88. The van der Waals surface area contributed by atoms with E-state index in [2.05, 4.69) is 23.9 Å². The molecule has 0 radical (unpaired) electrons. The number of aromatic nitrogens is 3. The standard InChI is InChI=1S/C11H20N4/c1-11(2)5-4-8(12)6-9(11)10-13-7-14-15(10)3/h7-9H,4-6,12H2,1-3H3. The van der Waals surface area contributed by atoms with E-state index in [4.69, 9.17) is 5.73 Å². The Hall–Kier alpha value is -0.900. The van der Waals surface area contributed by atoms with E-state index in [0.717, 1.165) is 18.7 Å². The molecule has 2 N–H and O–H groups in total. The summed E-state index contributed by atoms with van der Waals surface area (Å²) in [5, 5.41) is 4.15. The number of rotatable bonds is 1. The molecule has 1 aromatic rings. The summed E-state index contributed by atoms with van der Waals surface area (Å²) in [6.07, 6.45) is 4.96. The number of nitrogens with zero attached hydrogens (tertiary/aromatic N) is 3. The van der Waals surface area contributed by atoms with Crippen LogP contribution in [-0.2, 0) is 7.05 Å². The third-order valence-electron chi connectivity index (χ3n) is 3.70. The van der Waals surface area contributed by atoms with Gasteiger partial charge in [-0.2, -0.15) is 5.10 Å². The Morgan fingerprint density at radius 1 is 1.53 bits per heavy atom. The number of hydrogen-bond donors (Lipinski definition) is 1. The minimum atomic E-state index is 0.288. The van der Waals surface area contributed by atoms with Crippen LogP contribution in [0.2, 0.25) is 0 Å². The lowest BCUT2D eigenvalue weighted by atomic mass is 9.67. The van der Waals surface area contributed by atoms with E-state index < -0.39 is 0 Å². The average molecular weight is 208 g/mol. The van der Waals surface area contributed by atoms with Crippen molar-refractivity contribution in [2.24, 2.45) is 18.2 Å². The molecule has 2 atom stereocenters. The van der Waals surface area contributed by atoms with Crippen LogP contribution in [0.25, 0.3) is 0 Å². The molecule has 4 nitrogen and oxygen atoms in total. The molecule has 4 heteroatoms. The molecule has 0 aromatic carbocycles. The van der Waals surface area contributed by atoms with Gasteiger partial charge in [0.05, 0.1) is 0 Å². The summed E-state index contributed by atoms with van der Waals surface area (Å²) in [6.45, 7) is 4.61. The summed E-state index contributed by atoms with van der Waals surface area (Å²) in [7, 11) is 1.96. The quantitative estimate of drug-likeness (QED) is 0.759. The van der Waals surface area contributed by atoms with Crippen LogP contribution in [0.5, 0.6) is 0 Å². The molecule has 15 heavy (non-hydrogen) atoms. The minimum Gasteiger partial charge on any atom is -0.328 e. The van der Waals surface area contributed by atoms with Crippen LogP contribution < -0.4 is 5.73 Å². The first kappa shape index (κ1) is 10.6. The Kier molecular flexibility index (Phi) is 2.54. The van der Waals surface area contributed by atoms with Gasteiger partial charge in [0.1, 0.15) is 12.2 Å². The van der Waals surface area contributed by atoms with Gasteiger partial charge in [-0.05, 0) is 24.7 Å². The highest BCUT2D eigenvalue weighted by Gasteiger charge is 2.38. The second-order valence-electron chi connectivity index (χ2n) is 5.32. The molecule has 0 spiro atoms. The van der Waals surface area contributed by atoms with Crippen molar-refractivity contribution in [1.29, 1.82) is 0 Å². The van der Waals surface area contributed by atoms with Gasteiger partial charge in [-0.1, -0.05) is 13.8 Å². The van der Waals surface area contributed by atoms with E-state index in [-0.39, 0.29) is 5.41 Å². The van der Waals surface area contributed by atoms with E-state index in [9.17, 15) is 0 Å².